The lowest BCUT2D eigenvalue weighted by Gasteiger charge is -2.58. The van der Waals surface area contributed by atoms with Crippen molar-refractivity contribution in [1.29, 1.82) is 0 Å². The molecule has 1 N–H and O–H groups in total. The molecular weight excluding hydrogens is 364 g/mol. The molecule has 0 spiro atoms. The van der Waals surface area contributed by atoms with Crippen LogP contribution in [0, 0.1) is 52.3 Å². The second-order valence-corrected chi connectivity index (χ2v) is 12.9. The van der Waals surface area contributed by atoms with Crippen LogP contribution in [0.1, 0.15) is 112 Å². The average Bonchev–Trinajstić information content (AvgIpc) is 3.06. The number of allylic oxidation sites excluding steroid dienone is 1. The van der Waals surface area contributed by atoms with E-state index < -0.39 is 0 Å². The van der Waals surface area contributed by atoms with Gasteiger partial charge in [0.15, 0.2) is 0 Å². The topological polar surface area (TPSA) is 20.2 Å². The first-order valence-corrected chi connectivity index (χ1v) is 13.6. The highest BCUT2D eigenvalue weighted by atomic mass is 16.3. The van der Waals surface area contributed by atoms with E-state index in [0.717, 1.165) is 54.3 Å². The van der Waals surface area contributed by atoms with Crippen LogP contribution < -0.4 is 0 Å². The van der Waals surface area contributed by atoms with Crippen molar-refractivity contribution in [2.75, 3.05) is 0 Å². The van der Waals surface area contributed by atoms with Crippen LogP contribution in [0.3, 0.4) is 0 Å². The molecule has 0 radical (unpaired) electrons. The van der Waals surface area contributed by atoms with Crippen molar-refractivity contribution >= 4 is 0 Å². The quantitative estimate of drug-likeness (QED) is 0.436. The Morgan fingerprint density at radius 1 is 1.00 bits per heavy atom. The minimum absolute atomic E-state index is 0.0794. The average molecular weight is 415 g/mol. The third-order valence-corrected chi connectivity index (χ3v) is 11.3. The van der Waals surface area contributed by atoms with E-state index in [1.807, 2.05) is 0 Å². The van der Waals surface area contributed by atoms with Crippen LogP contribution in [0.5, 0.6) is 0 Å². The fourth-order valence-corrected chi connectivity index (χ4v) is 9.30. The van der Waals surface area contributed by atoms with Crippen LogP contribution in [0.15, 0.2) is 11.6 Å². The molecule has 4 aliphatic rings. The molecule has 0 saturated heterocycles. The van der Waals surface area contributed by atoms with E-state index in [2.05, 4.69) is 47.6 Å². The van der Waals surface area contributed by atoms with Crippen LogP contribution in [0.25, 0.3) is 0 Å². The van der Waals surface area contributed by atoms with Gasteiger partial charge in [0.1, 0.15) is 0 Å². The van der Waals surface area contributed by atoms with Gasteiger partial charge in [-0.25, -0.2) is 0 Å². The predicted molar refractivity (Wildman–Crippen MR) is 128 cm³/mol. The van der Waals surface area contributed by atoms with Gasteiger partial charge in [0.2, 0.25) is 0 Å². The fraction of sp³-hybridized carbons (Fsp3) is 0.931. The van der Waals surface area contributed by atoms with Gasteiger partial charge in [-0.15, -0.1) is 0 Å². The maximum atomic E-state index is 10.2. The van der Waals surface area contributed by atoms with Gasteiger partial charge in [0.05, 0.1) is 6.10 Å². The van der Waals surface area contributed by atoms with Crippen molar-refractivity contribution in [3.8, 4) is 0 Å². The van der Waals surface area contributed by atoms with Gasteiger partial charge in [0.25, 0.3) is 0 Å². The number of fused-ring (bicyclic) bond motifs is 5. The van der Waals surface area contributed by atoms with Gasteiger partial charge in [-0.05, 0) is 110 Å². The first kappa shape index (κ1) is 22.9. The molecule has 0 unspecified atom stereocenters. The summed E-state index contributed by atoms with van der Waals surface area (Å²) in [5.41, 5.74) is 2.59. The first-order chi connectivity index (χ1) is 14.2. The third kappa shape index (κ3) is 3.74. The summed E-state index contributed by atoms with van der Waals surface area (Å²) in [4.78, 5) is 0. The highest BCUT2D eigenvalue weighted by molar-refractivity contribution is 5.25. The smallest absolute Gasteiger partial charge is 0.0577 e. The molecule has 0 amide bonds. The second-order valence-electron chi connectivity index (χ2n) is 12.9. The molecule has 3 saturated carbocycles. The van der Waals surface area contributed by atoms with E-state index in [4.69, 9.17) is 0 Å². The Labute approximate surface area is 187 Å². The molecule has 0 bridgehead atoms. The summed E-state index contributed by atoms with van der Waals surface area (Å²) >= 11 is 0. The van der Waals surface area contributed by atoms with Crippen molar-refractivity contribution in [1.82, 2.24) is 0 Å². The minimum Gasteiger partial charge on any atom is -0.393 e. The molecule has 0 aromatic carbocycles. The highest BCUT2D eigenvalue weighted by Crippen LogP contribution is 2.67. The summed E-state index contributed by atoms with van der Waals surface area (Å²) in [5.74, 6) is 6.31. The minimum atomic E-state index is -0.0794. The number of aliphatic hydroxyl groups excluding tert-OH is 1. The Hall–Kier alpha value is -0.300. The van der Waals surface area contributed by atoms with Crippen LogP contribution in [0.2, 0.25) is 0 Å². The van der Waals surface area contributed by atoms with E-state index >= 15 is 0 Å². The molecule has 1 nitrogen and oxygen atoms in total. The Morgan fingerprint density at radius 2 is 1.77 bits per heavy atom. The molecule has 4 aliphatic carbocycles. The molecule has 1 heteroatoms. The Kier molecular flexibility index (Phi) is 6.53. The van der Waals surface area contributed by atoms with Gasteiger partial charge in [-0.1, -0.05) is 66.0 Å². The first-order valence-electron chi connectivity index (χ1n) is 13.6. The highest BCUT2D eigenvalue weighted by Gasteiger charge is 2.59. The zero-order valence-corrected chi connectivity index (χ0v) is 20.9. The summed E-state index contributed by atoms with van der Waals surface area (Å²) in [6.45, 7) is 15.1. The van der Waals surface area contributed by atoms with Crippen molar-refractivity contribution < 1.29 is 5.11 Å². The fourth-order valence-electron chi connectivity index (χ4n) is 9.30. The van der Waals surface area contributed by atoms with E-state index in [9.17, 15) is 5.11 Å². The van der Waals surface area contributed by atoms with Crippen LogP contribution in [-0.2, 0) is 0 Å². The standard InChI is InChI=1S/C29H50O/c1-7-21(19(2)3)9-8-20(4)25-12-13-26-24-11-10-22-18-23(30)14-16-28(22,5)27(24)15-17-29(25,26)6/h10,19-21,23-27,30H,7-9,11-18H2,1-6H3/t20-,21-,23-,24+,25-,26+,27+,28-,29-/m1/s1. The van der Waals surface area contributed by atoms with Crippen molar-refractivity contribution in [2.45, 2.75) is 118 Å². The lowest BCUT2D eigenvalue weighted by molar-refractivity contribution is -0.0575. The largest absolute Gasteiger partial charge is 0.393 e. The second kappa shape index (κ2) is 8.57. The summed E-state index contributed by atoms with van der Waals surface area (Å²) in [5, 5.41) is 10.2. The van der Waals surface area contributed by atoms with Gasteiger partial charge >= 0.3 is 0 Å². The maximum Gasteiger partial charge on any atom is 0.0577 e. The van der Waals surface area contributed by atoms with E-state index in [-0.39, 0.29) is 6.10 Å². The lowest BCUT2D eigenvalue weighted by Crippen LogP contribution is -2.50. The summed E-state index contributed by atoms with van der Waals surface area (Å²) < 4.78 is 0. The maximum absolute atomic E-state index is 10.2. The zero-order chi connectivity index (χ0) is 21.7. The zero-order valence-electron chi connectivity index (χ0n) is 20.9. The number of hydrogen-bond acceptors (Lipinski definition) is 1. The number of hydrogen-bond donors (Lipinski definition) is 1. The Balaban J connectivity index is 1.47. The Morgan fingerprint density at radius 3 is 2.47 bits per heavy atom. The molecular formula is C29H50O. The third-order valence-electron chi connectivity index (χ3n) is 11.3. The summed E-state index contributed by atoms with van der Waals surface area (Å²) in [6, 6.07) is 0. The molecule has 9 atom stereocenters. The number of rotatable bonds is 6. The molecule has 0 aromatic rings. The van der Waals surface area contributed by atoms with Crippen LogP contribution >= 0.6 is 0 Å². The molecule has 172 valence electrons. The molecule has 30 heavy (non-hydrogen) atoms. The summed E-state index contributed by atoms with van der Waals surface area (Å²) in [7, 11) is 0. The van der Waals surface area contributed by atoms with Crippen LogP contribution in [0.4, 0.5) is 0 Å². The molecule has 0 aliphatic heterocycles. The van der Waals surface area contributed by atoms with E-state index in [1.165, 1.54) is 57.8 Å². The summed E-state index contributed by atoms with van der Waals surface area (Å²) in [6.07, 6.45) is 17.1. The molecule has 0 aromatic heterocycles. The van der Waals surface area contributed by atoms with Crippen LogP contribution in [-0.4, -0.2) is 11.2 Å². The van der Waals surface area contributed by atoms with E-state index in [0.29, 0.717) is 10.8 Å². The SMILES string of the molecule is CC[C@H](CC[C@@H](C)[C@H]1CC[C@H]2[C@@H]3CC=C4C[C@H](O)CC[C@@]4(C)[C@H]3CC[C@]12C)C(C)C. The van der Waals surface area contributed by atoms with Crippen molar-refractivity contribution in [3.05, 3.63) is 11.6 Å². The molecule has 3 fully saturated rings. The number of aliphatic hydroxyl groups is 1. The van der Waals surface area contributed by atoms with Crippen molar-refractivity contribution in [2.24, 2.45) is 52.3 Å². The monoisotopic (exact) mass is 414 g/mol. The molecule has 0 heterocycles. The van der Waals surface area contributed by atoms with Gasteiger partial charge in [0, 0.05) is 0 Å². The van der Waals surface area contributed by atoms with Gasteiger partial charge < -0.3 is 5.11 Å². The molecule has 4 rings (SSSR count). The lowest BCUT2D eigenvalue weighted by atomic mass is 9.47. The predicted octanol–water partition coefficient (Wildman–Crippen LogP) is 8.02. The Bertz CT molecular complexity index is 634. The normalized spacial score (nSPS) is 45.3. The van der Waals surface area contributed by atoms with Crippen molar-refractivity contribution in [3.63, 3.8) is 0 Å². The van der Waals surface area contributed by atoms with Gasteiger partial charge in [-0.2, -0.15) is 0 Å². The van der Waals surface area contributed by atoms with Gasteiger partial charge in [-0.3, -0.25) is 0 Å². The van der Waals surface area contributed by atoms with E-state index in [1.54, 1.807) is 5.57 Å².